The van der Waals surface area contributed by atoms with Crippen molar-refractivity contribution in [1.29, 1.82) is 0 Å². The van der Waals surface area contributed by atoms with Crippen molar-refractivity contribution in [3.8, 4) is 0 Å². The Morgan fingerprint density at radius 2 is 1.78 bits per heavy atom. The minimum Gasteiger partial charge on any atom is -0.355 e. The number of carbonyl (C=O) groups is 1. The Kier molecular flexibility index (Phi) is 6.96. The van der Waals surface area contributed by atoms with Crippen LogP contribution in [0.15, 0.2) is 51.9 Å². The first-order chi connectivity index (χ1) is 17.7. The smallest absolute Gasteiger partial charge is 0.248 e. The number of aromatic nitrogens is 1. The van der Waals surface area contributed by atoms with Crippen molar-refractivity contribution in [2.75, 3.05) is 19.6 Å². The van der Waals surface area contributed by atoms with Crippen molar-refractivity contribution in [3.63, 3.8) is 0 Å². The largest absolute Gasteiger partial charge is 0.355 e. The fourth-order valence-corrected chi connectivity index (χ4v) is 6.73. The molecule has 0 aliphatic carbocycles. The molecule has 1 aromatic heterocycles. The van der Waals surface area contributed by atoms with Gasteiger partial charge >= 0.3 is 0 Å². The number of hydrogen-bond donors (Lipinski definition) is 0. The van der Waals surface area contributed by atoms with Crippen LogP contribution in [-0.4, -0.2) is 48.3 Å². The van der Waals surface area contributed by atoms with E-state index in [0.29, 0.717) is 25.9 Å². The zero-order valence-electron chi connectivity index (χ0n) is 20.4. The summed E-state index contributed by atoms with van der Waals surface area (Å²) in [6.45, 7) is 3.17. The van der Waals surface area contributed by atoms with Crippen LogP contribution in [0.4, 0.5) is 8.78 Å². The van der Waals surface area contributed by atoms with Gasteiger partial charge < -0.3 is 9.42 Å². The first-order valence-electron chi connectivity index (χ1n) is 12.2. The molecule has 2 aliphatic rings. The van der Waals surface area contributed by atoms with E-state index in [0.717, 1.165) is 24.1 Å². The number of hydrogen-bond acceptors (Lipinski definition) is 5. The van der Waals surface area contributed by atoms with Gasteiger partial charge in [0.15, 0.2) is 10.7 Å². The van der Waals surface area contributed by atoms with Crippen LogP contribution in [0, 0.1) is 24.5 Å². The molecule has 1 fully saturated rings. The number of halogens is 2. The summed E-state index contributed by atoms with van der Waals surface area (Å²) < 4.78 is 60.8. The molecule has 3 aromatic rings. The second-order valence-electron chi connectivity index (χ2n) is 9.42. The summed E-state index contributed by atoms with van der Waals surface area (Å²) in [4.78, 5) is 15.0. The standard InChI is InChI=1S/C27H27F2N3O4S/c1-18-26(25(36-30-18)9-7-20-6-8-23(28)16-24(20)29)37(34,35)32-14-11-21(12-15-32)27(33)31-13-10-19-4-2-3-5-22(19)17-31/h2-9,16,21H,10-15,17H2,1H3/b9-7+. The van der Waals surface area contributed by atoms with Gasteiger partial charge in [0.1, 0.15) is 17.3 Å². The van der Waals surface area contributed by atoms with Crippen LogP contribution in [-0.2, 0) is 27.8 Å². The zero-order valence-corrected chi connectivity index (χ0v) is 21.2. The number of carbonyl (C=O) groups excluding carboxylic acids is 1. The molecular weight excluding hydrogens is 500 g/mol. The first-order valence-corrected chi connectivity index (χ1v) is 13.6. The third-order valence-electron chi connectivity index (χ3n) is 7.05. The topological polar surface area (TPSA) is 83.7 Å². The quantitative estimate of drug-likeness (QED) is 0.491. The van der Waals surface area contributed by atoms with Gasteiger partial charge in [0.25, 0.3) is 0 Å². The molecule has 0 radical (unpaired) electrons. The summed E-state index contributed by atoms with van der Waals surface area (Å²) in [5.41, 5.74) is 2.69. The van der Waals surface area contributed by atoms with Gasteiger partial charge in [-0.15, -0.1) is 0 Å². The molecule has 0 unspecified atom stereocenters. The lowest BCUT2D eigenvalue weighted by molar-refractivity contribution is -0.137. The molecule has 0 spiro atoms. The summed E-state index contributed by atoms with van der Waals surface area (Å²) in [5, 5.41) is 3.80. The molecule has 1 amide bonds. The normalized spacial score (nSPS) is 17.3. The maximum atomic E-state index is 14.0. The molecule has 0 N–H and O–H groups in total. The van der Waals surface area contributed by atoms with Crippen LogP contribution in [0.25, 0.3) is 12.2 Å². The molecular formula is C27H27F2N3O4S. The Morgan fingerprint density at radius 1 is 1.05 bits per heavy atom. The highest BCUT2D eigenvalue weighted by Crippen LogP contribution is 2.31. The van der Waals surface area contributed by atoms with Gasteiger partial charge in [0, 0.05) is 43.7 Å². The van der Waals surface area contributed by atoms with Crippen LogP contribution in [0.3, 0.4) is 0 Å². The lowest BCUT2D eigenvalue weighted by Crippen LogP contribution is -2.45. The molecule has 0 saturated carbocycles. The van der Waals surface area contributed by atoms with E-state index in [-0.39, 0.29) is 46.8 Å². The Bertz CT molecular complexity index is 1460. The maximum absolute atomic E-state index is 14.0. The van der Waals surface area contributed by atoms with Crippen LogP contribution >= 0.6 is 0 Å². The maximum Gasteiger partial charge on any atom is 0.248 e. The van der Waals surface area contributed by atoms with E-state index in [1.807, 2.05) is 23.1 Å². The number of benzene rings is 2. The Morgan fingerprint density at radius 3 is 2.51 bits per heavy atom. The average molecular weight is 528 g/mol. The van der Waals surface area contributed by atoms with E-state index in [1.54, 1.807) is 0 Å². The van der Waals surface area contributed by atoms with Crippen molar-refractivity contribution >= 4 is 28.1 Å². The number of aryl methyl sites for hydroxylation is 1. The number of amides is 1. The lowest BCUT2D eigenvalue weighted by atomic mass is 9.94. The third kappa shape index (κ3) is 5.08. The number of piperidine rings is 1. The Hall–Kier alpha value is -3.37. The lowest BCUT2D eigenvalue weighted by Gasteiger charge is -2.35. The fraction of sp³-hybridized carbons (Fsp3) is 0.333. The van der Waals surface area contributed by atoms with Crippen molar-refractivity contribution in [2.24, 2.45) is 5.92 Å². The second-order valence-corrected chi connectivity index (χ2v) is 11.3. The molecule has 5 rings (SSSR count). The number of fused-ring (bicyclic) bond motifs is 1. The molecule has 7 nitrogen and oxygen atoms in total. The third-order valence-corrected chi connectivity index (χ3v) is 9.11. The highest BCUT2D eigenvalue weighted by atomic mass is 32.2. The fourth-order valence-electron chi connectivity index (χ4n) is 5.02. The summed E-state index contributed by atoms with van der Waals surface area (Å²) in [6.07, 6.45) is 4.29. The van der Waals surface area contributed by atoms with E-state index in [4.69, 9.17) is 4.52 Å². The minimum absolute atomic E-state index is 0.0357. The molecule has 194 valence electrons. The van der Waals surface area contributed by atoms with Crippen molar-refractivity contribution in [1.82, 2.24) is 14.4 Å². The summed E-state index contributed by atoms with van der Waals surface area (Å²) in [5.74, 6) is -1.69. The van der Waals surface area contributed by atoms with E-state index < -0.39 is 21.7 Å². The molecule has 1 saturated heterocycles. The van der Waals surface area contributed by atoms with Crippen LogP contribution in [0.1, 0.15) is 41.0 Å². The van der Waals surface area contributed by atoms with Gasteiger partial charge in [-0.05, 0) is 61.6 Å². The minimum atomic E-state index is -3.97. The van der Waals surface area contributed by atoms with Crippen molar-refractivity contribution in [3.05, 3.63) is 82.2 Å². The van der Waals surface area contributed by atoms with Crippen molar-refractivity contribution < 1.29 is 26.5 Å². The van der Waals surface area contributed by atoms with E-state index in [1.165, 1.54) is 35.0 Å². The van der Waals surface area contributed by atoms with Gasteiger partial charge in [-0.1, -0.05) is 29.4 Å². The summed E-state index contributed by atoms with van der Waals surface area (Å²) in [7, 11) is -3.97. The first kappa shape index (κ1) is 25.3. The SMILES string of the molecule is Cc1noc(/C=C/c2ccc(F)cc2F)c1S(=O)(=O)N1CCC(C(=O)N2CCc3ccccc3C2)CC1. The highest BCUT2D eigenvalue weighted by Gasteiger charge is 2.37. The zero-order chi connectivity index (χ0) is 26.2. The van der Waals surface area contributed by atoms with Crippen LogP contribution in [0.5, 0.6) is 0 Å². The molecule has 2 aliphatic heterocycles. The number of nitrogens with zero attached hydrogens (tertiary/aromatic N) is 3. The average Bonchev–Trinajstić information content (AvgIpc) is 3.28. The summed E-state index contributed by atoms with van der Waals surface area (Å²) in [6, 6.07) is 11.2. The molecule has 10 heteroatoms. The molecule has 0 atom stereocenters. The number of sulfonamides is 1. The highest BCUT2D eigenvalue weighted by molar-refractivity contribution is 7.89. The predicted octanol–water partition coefficient (Wildman–Crippen LogP) is 4.42. The Balaban J connectivity index is 1.27. The molecule has 3 heterocycles. The van der Waals surface area contributed by atoms with E-state index >= 15 is 0 Å². The van der Waals surface area contributed by atoms with Crippen molar-refractivity contribution in [2.45, 2.75) is 37.6 Å². The van der Waals surface area contributed by atoms with E-state index in [2.05, 4.69) is 11.2 Å². The Labute approximate surface area is 214 Å². The second kappa shape index (κ2) is 10.2. The van der Waals surface area contributed by atoms with Gasteiger partial charge in [-0.3, -0.25) is 4.79 Å². The molecule has 37 heavy (non-hydrogen) atoms. The monoisotopic (exact) mass is 527 g/mol. The summed E-state index contributed by atoms with van der Waals surface area (Å²) >= 11 is 0. The van der Waals surface area contributed by atoms with Gasteiger partial charge in [0.2, 0.25) is 15.9 Å². The van der Waals surface area contributed by atoms with E-state index in [9.17, 15) is 22.0 Å². The van der Waals surface area contributed by atoms with Gasteiger partial charge in [-0.2, -0.15) is 4.31 Å². The molecule has 0 bridgehead atoms. The van der Waals surface area contributed by atoms with Gasteiger partial charge in [0.05, 0.1) is 0 Å². The van der Waals surface area contributed by atoms with Gasteiger partial charge in [-0.25, -0.2) is 17.2 Å². The number of rotatable bonds is 5. The van der Waals surface area contributed by atoms with Crippen LogP contribution < -0.4 is 0 Å². The van der Waals surface area contributed by atoms with Crippen LogP contribution in [0.2, 0.25) is 0 Å². The predicted molar refractivity (Wildman–Crippen MR) is 134 cm³/mol. The molecule has 2 aromatic carbocycles.